The van der Waals surface area contributed by atoms with Crippen molar-refractivity contribution in [3.05, 3.63) is 47.4 Å². The van der Waals surface area contributed by atoms with Gasteiger partial charge in [0.15, 0.2) is 5.82 Å². The van der Waals surface area contributed by atoms with Gasteiger partial charge in [-0.25, -0.2) is 4.39 Å². The van der Waals surface area contributed by atoms with Crippen LogP contribution in [0.15, 0.2) is 28.8 Å². The molecule has 1 aromatic heterocycles. The zero-order valence-electron chi connectivity index (χ0n) is 11.2. The first-order valence-corrected chi connectivity index (χ1v) is 6.47. The van der Waals surface area contributed by atoms with E-state index in [1.165, 1.54) is 6.07 Å². The lowest BCUT2D eigenvalue weighted by atomic mass is 10.1. The maximum atomic E-state index is 13.5. The van der Waals surface area contributed by atoms with Crippen molar-refractivity contribution in [1.82, 2.24) is 15.5 Å². The molecule has 0 spiro atoms. The summed E-state index contributed by atoms with van der Waals surface area (Å²) in [6, 6.07) is 6.91. The van der Waals surface area contributed by atoms with Crippen LogP contribution in [0.4, 0.5) is 4.39 Å². The molecule has 1 unspecified atom stereocenters. The first-order valence-electron chi connectivity index (χ1n) is 6.47. The van der Waals surface area contributed by atoms with Crippen LogP contribution in [0.25, 0.3) is 0 Å². The summed E-state index contributed by atoms with van der Waals surface area (Å²) < 4.78 is 18.7. The molecule has 1 heterocycles. The van der Waals surface area contributed by atoms with Crippen LogP contribution in [0.2, 0.25) is 0 Å². The molecule has 1 aromatic carbocycles. The molecule has 0 bridgehead atoms. The second-order valence-electron chi connectivity index (χ2n) is 4.54. The van der Waals surface area contributed by atoms with Crippen LogP contribution in [0.5, 0.6) is 0 Å². The van der Waals surface area contributed by atoms with Crippen LogP contribution in [0.1, 0.15) is 31.1 Å². The molecule has 2 aromatic rings. The number of halogens is 1. The molecule has 0 saturated heterocycles. The van der Waals surface area contributed by atoms with Crippen molar-refractivity contribution in [1.29, 1.82) is 0 Å². The van der Waals surface area contributed by atoms with E-state index in [1.54, 1.807) is 18.2 Å². The molecular formula is C14H18FN3O. The Balaban J connectivity index is 2.00. The van der Waals surface area contributed by atoms with Gasteiger partial charge in [0.05, 0.1) is 0 Å². The van der Waals surface area contributed by atoms with Crippen LogP contribution >= 0.6 is 0 Å². The molecule has 2 rings (SSSR count). The minimum atomic E-state index is -0.241. The molecule has 102 valence electrons. The molecule has 0 radical (unpaired) electrons. The molecule has 0 aliphatic rings. The predicted molar refractivity (Wildman–Crippen MR) is 70.3 cm³/mol. The van der Waals surface area contributed by atoms with E-state index in [0.717, 1.165) is 6.54 Å². The quantitative estimate of drug-likeness (QED) is 0.869. The SMILES string of the molecule is CCNC(C)Cc1nc(Cc2ccccc2F)no1. The molecule has 1 atom stereocenters. The number of nitrogens with one attached hydrogen (secondary N) is 1. The molecule has 19 heavy (non-hydrogen) atoms. The van der Waals surface area contributed by atoms with E-state index in [2.05, 4.69) is 22.4 Å². The third-order valence-electron chi connectivity index (χ3n) is 2.85. The van der Waals surface area contributed by atoms with E-state index in [0.29, 0.717) is 30.1 Å². The average Bonchev–Trinajstić information content (AvgIpc) is 2.80. The largest absolute Gasteiger partial charge is 0.339 e. The number of hydrogen-bond acceptors (Lipinski definition) is 4. The Hall–Kier alpha value is -1.75. The molecule has 0 saturated carbocycles. The number of rotatable bonds is 6. The lowest BCUT2D eigenvalue weighted by Crippen LogP contribution is -2.27. The molecule has 1 N–H and O–H groups in total. The summed E-state index contributed by atoms with van der Waals surface area (Å²) in [4.78, 5) is 4.28. The van der Waals surface area contributed by atoms with Gasteiger partial charge >= 0.3 is 0 Å². The van der Waals surface area contributed by atoms with Gasteiger partial charge in [-0.15, -0.1) is 0 Å². The fourth-order valence-corrected chi connectivity index (χ4v) is 1.94. The van der Waals surface area contributed by atoms with Gasteiger partial charge in [-0.1, -0.05) is 30.3 Å². The Morgan fingerprint density at radius 1 is 1.37 bits per heavy atom. The van der Waals surface area contributed by atoms with Gasteiger partial charge in [-0.3, -0.25) is 0 Å². The lowest BCUT2D eigenvalue weighted by Gasteiger charge is -2.07. The second kappa shape index (κ2) is 6.43. The maximum absolute atomic E-state index is 13.5. The fraction of sp³-hybridized carbons (Fsp3) is 0.429. The summed E-state index contributed by atoms with van der Waals surface area (Å²) in [7, 11) is 0. The zero-order valence-corrected chi connectivity index (χ0v) is 11.2. The Labute approximate surface area is 112 Å². The average molecular weight is 263 g/mol. The van der Waals surface area contributed by atoms with E-state index < -0.39 is 0 Å². The van der Waals surface area contributed by atoms with Gasteiger partial charge in [0.1, 0.15) is 5.82 Å². The van der Waals surface area contributed by atoms with Gasteiger partial charge in [0.2, 0.25) is 5.89 Å². The van der Waals surface area contributed by atoms with Crippen molar-refractivity contribution in [2.45, 2.75) is 32.7 Å². The fourth-order valence-electron chi connectivity index (χ4n) is 1.94. The molecule has 0 aliphatic carbocycles. The van der Waals surface area contributed by atoms with E-state index in [-0.39, 0.29) is 11.9 Å². The van der Waals surface area contributed by atoms with Crippen molar-refractivity contribution in [2.75, 3.05) is 6.54 Å². The van der Waals surface area contributed by atoms with Crippen LogP contribution in [-0.4, -0.2) is 22.7 Å². The molecule has 5 heteroatoms. The summed E-state index contributed by atoms with van der Waals surface area (Å²) in [6.45, 7) is 5.01. The third kappa shape index (κ3) is 3.86. The summed E-state index contributed by atoms with van der Waals surface area (Å²) >= 11 is 0. The van der Waals surface area contributed by atoms with E-state index >= 15 is 0 Å². The number of benzene rings is 1. The van der Waals surface area contributed by atoms with Gasteiger partial charge in [0, 0.05) is 18.9 Å². The molecular weight excluding hydrogens is 245 g/mol. The van der Waals surface area contributed by atoms with Crippen LogP contribution in [0.3, 0.4) is 0 Å². The second-order valence-corrected chi connectivity index (χ2v) is 4.54. The van der Waals surface area contributed by atoms with E-state index in [4.69, 9.17) is 4.52 Å². The lowest BCUT2D eigenvalue weighted by molar-refractivity contribution is 0.359. The third-order valence-corrected chi connectivity index (χ3v) is 2.85. The normalized spacial score (nSPS) is 12.6. The molecule has 0 aliphatic heterocycles. The summed E-state index contributed by atoms with van der Waals surface area (Å²) in [5.41, 5.74) is 0.578. The summed E-state index contributed by atoms with van der Waals surface area (Å²) in [5.74, 6) is 0.860. The standard InChI is InChI=1S/C14H18FN3O/c1-3-16-10(2)8-14-17-13(18-19-14)9-11-6-4-5-7-12(11)15/h4-7,10,16H,3,8-9H2,1-2H3. The van der Waals surface area contributed by atoms with Crippen LogP contribution in [0, 0.1) is 5.82 Å². The summed E-state index contributed by atoms with van der Waals surface area (Å²) in [6.07, 6.45) is 1.03. The maximum Gasteiger partial charge on any atom is 0.228 e. The number of nitrogens with zero attached hydrogens (tertiary/aromatic N) is 2. The van der Waals surface area contributed by atoms with Crippen molar-refractivity contribution < 1.29 is 8.91 Å². The highest BCUT2D eigenvalue weighted by atomic mass is 19.1. The highest BCUT2D eigenvalue weighted by Crippen LogP contribution is 2.11. The highest BCUT2D eigenvalue weighted by Gasteiger charge is 2.11. The molecule has 4 nitrogen and oxygen atoms in total. The summed E-state index contributed by atoms with van der Waals surface area (Å²) in [5, 5.41) is 7.16. The molecule has 0 amide bonds. The van der Waals surface area contributed by atoms with Gasteiger partial charge in [-0.05, 0) is 25.1 Å². The van der Waals surface area contributed by atoms with Crippen LogP contribution in [-0.2, 0) is 12.8 Å². The van der Waals surface area contributed by atoms with Gasteiger partial charge < -0.3 is 9.84 Å². The zero-order chi connectivity index (χ0) is 13.7. The van der Waals surface area contributed by atoms with Crippen LogP contribution < -0.4 is 5.32 Å². The number of aromatic nitrogens is 2. The first-order chi connectivity index (χ1) is 9.19. The Morgan fingerprint density at radius 2 is 2.16 bits per heavy atom. The number of hydrogen-bond donors (Lipinski definition) is 1. The minimum Gasteiger partial charge on any atom is -0.339 e. The number of likely N-dealkylation sites (N-methyl/N-ethyl adjacent to an activating group) is 1. The highest BCUT2D eigenvalue weighted by molar-refractivity contribution is 5.20. The van der Waals surface area contributed by atoms with E-state index in [1.807, 2.05) is 6.92 Å². The molecule has 0 fully saturated rings. The van der Waals surface area contributed by atoms with Crippen molar-refractivity contribution in [3.63, 3.8) is 0 Å². The first kappa shape index (κ1) is 13.7. The Morgan fingerprint density at radius 3 is 2.89 bits per heavy atom. The smallest absolute Gasteiger partial charge is 0.228 e. The monoisotopic (exact) mass is 263 g/mol. The van der Waals surface area contributed by atoms with Crippen molar-refractivity contribution >= 4 is 0 Å². The predicted octanol–water partition coefficient (Wildman–Crippen LogP) is 2.34. The van der Waals surface area contributed by atoms with Gasteiger partial charge in [0.25, 0.3) is 0 Å². The van der Waals surface area contributed by atoms with Crippen molar-refractivity contribution in [2.24, 2.45) is 0 Å². The minimum absolute atomic E-state index is 0.241. The van der Waals surface area contributed by atoms with Crippen molar-refractivity contribution in [3.8, 4) is 0 Å². The topological polar surface area (TPSA) is 51.0 Å². The Kier molecular flexibility index (Phi) is 4.63. The van der Waals surface area contributed by atoms with E-state index in [9.17, 15) is 4.39 Å². The Bertz CT molecular complexity index is 527. The van der Waals surface area contributed by atoms with Gasteiger partial charge in [-0.2, -0.15) is 4.98 Å².